The Morgan fingerprint density at radius 1 is 0.957 bits per heavy atom. The number of hydrogen-bond acceptors (Lipinski definition) is 1. The molecule has 1 saturated carbocycles. The van der Waals surface area contributed by atoms with Crippen LogP contribution in [0.25, 0.3) is 11.3 Å². The van der Waals surface area contributed by atoms with Crippen molar-refractivity contribution in [3.63, 3.8) is 0 Å². The average molecular weight is 327 g/mol. The monoisotopic (exact) mass is 327 g/mol. The summed E-state index contributed by atoms with van der Waals surface area (Å²) in [6.45, 7) is 0. The fourth-order valence-electron chi connectivity index (χ4n) is 2.96. The van der Waals surface area contributed by atoms with E-state index in [0.29, 0.717) is 0 Å². The molecule has 0 unspecified atom stereocenters. The van der Waals surface area contributed by atoms with E-state index in [0.717, 1.165) is 24.4 Å². The maximum atomic E-state index is 14.0. The highest BCUT2D eigenvalue weighted by molar-refractivity contribution is 5.61. The zero-order chi connectivity index (χ0) is 16.6. The number of halogens is 5. The summed E-state index contributed by atoms with van der Waals surface area (Å²) in [4.78, 5) is 3.80. The fourth-order valence-corrected chi connectivity index (χ4v) is 2.96. The first kappa shape index (κ1) is 15.9. The summed E-state index contributed by atoms with van der Waals surface area (Å²) in [7, 11) is 0. The van der Waals surface area contributed by atoms with Crippen LogP contribution >= 0.6 is 0 Å². The molecule has 3 rings (SSSR count). The molecule has 0 aliphatic heterocycles. The van der Waals surface area contributed by atoms with Crippen LogP contribution in [0.4, 0.5) is 22.0 Å². The van der Waals surface area contributed by atoms with Crippen molar-refractivity contribution >= 4 is 0 Å². The lowest BCUT2D eigenvalue weighted by molar-refractivity contribution is -0.0384. The van der Waals surface area contributed by atoms with Gasteiger partial charge >= 0.3 is 0 Å². The molecule has 2 aromatic rings. The second kappa shape index (κ2) is 5.91. The summed E-state index contributed by atoms with van der Waals surface area (Å²) >= 11 is 0. The Morgan fingerprint density at radius 2 is 1.65 bits per heavy atom. The van der Waals surface area contributed by atoms with Crippen molar-refractivity contribution in [1.82, 2.24) is 4.98 Å². The van der Waals surface area contributed by atoms with Crippen LogP contribution < -0.4 is 0 Å². The highest BCUT2D eigenvalue weighted by atomic mass is 19.3. The molecule has 1 aromatic carbocycles. The van der Waals surface area contributed by atoms with Crippen LogP contribution in [-0.4, -0.2) is 10.9 Å². The number of alkyl halides is 2. The van der Waals surface area contributed by atoms with Crippen molar-refractivity contribution in [3.8, 4) is 11.3 Å². The van der Waals surface area contributed by atoms with Crippen molar-refractivity contribution < 1.29 is 22.0 Å². The Bertz CT molecular complexity index is 719. The quantitative estimate of drug-likeness (QED) is 0.668. The predicted octanol–water partition coefficient (Wildman–Crippen LogP) is 5.46. The van der Waals surface area contributed by atoms with E-state index < -0.39 is 23.4 Å². The van der Waals surface area contributed by atoms with Gasteiger partial charge < -0.3 is 0 Å². The summed E-state index contributed by atoms with van der Waals surface area (Å²) in [6, 6.07) is 4.26. The molecule has 1 aliphatic carbocycles. The third kappa shape index (κ3) is 3.35. The van der Waals surface area contributed by atoms with E-state index in [1.165, 1.54) is 6.07 Å². The Labute approximate surface area is 130 Å². The smallest absolute Gasteiger partial charge is 0.248 e. The van der Waals surface area contributed by atoms with Gasteiger partial charge in [0, 0.05) is 18.4 Å². The lowest BCUT2D eigenvalue weighted by Gasteiger charge is -2.28. The zero-order valence-electron chi connectivity index (χ0n) is 12.1. The fraction of sp³-hybridized carbons (Fsp3) is 0.353. The first-order chi connectivity index (χ1) is 10.9. The SMILES string of the molecule is Fc1ccc(F)c(-c2cc(C3CCC(F)(F)CC3)c(F)cn2)c1. The van der Waals surface area contributed by atoms with Crippen LogP contribution in [0, 0.1) is 17.5 Å². The van der Waals surface area contributed by atoms with Crippen LogP contribution in [0.15, 0.2) is 30.5 Å². The zero-order valence-corrected chi connectivity index (χ0v) is 12.1. The Morgan fingerprint density at radius 3 is 2.35 bits per heavy atom. The molecular weight excluding hydrogens is 313 g/mol. The average Bonchev–Trinajstić information content (AvgIpc) is 2.51. The van der Waals surface area contributed by atoms with E-state index in [4.69, 9.17) is 0 Å². The second-order valence-corrected chi connectivity index (χ2v) is 5.85. The van der Waals surface area contributed by atoms with Crippen molar-refractivity contribution in [3.05, 3.63) is 53.5 Å². The number of nitrogens with zero attached hydrogens (tertiary/aromatic N) is 1. The first-order valence-electron chi connectivity index (χ1n) is 7.34. The minimum absolute atomic E-state index is 0.0765. The lowest BCUT2D eigenvalue weighted by Crippen LogP contribution is -2.24. The van der Waals surface area contributed by atoms with Gasteiger partial charge in [-0.3, -0.25) is 4.98 Å². The first-order valence-corrected chi connectivity index (χ1v) is 7.34. The summed E-state index contributed by atoms with van der Waals surface area (Å²) in [6.07, 6.45) is 0.631. The molecule has 0 spiro atoms. The number of benzene rings is 1. The van der Waals surface area contributed by atoms with Crippen LogP contribution in [-0.2, 0) is 0 Å². The molecule has 1 heterocycles. The second-order valence-electron chi connectivity index (χ2n) is 5.85. The largest absolute Gasteiger partial charge is 0.253 e. The van der Waals surface area contributed by atoms with Crippen LogP contribution in [0.5, 0.6) is 0 Å². The van der Waals surface area contributed by atoms with Crippen molar-refractivity contribution in [2.75, 3.05) is 0 Å². The van der Waals surface area contributed by atoms with Gasteiger partial charge in [0.25, 0.3) is 0 Å². The van der Waals surface area contributed by atoms with E-state index in [-0.39, 0.29) is 48.4 Å². The standard InChI is InChI=1S/C17H14F5N/c18-11-1-2-14(19)13(7-11)16-8-12(15(20)9-23-16)10-3-5-17(21,22)6-4-10/h1-2,7-10H,3-6H2. The summed E-state index contributed by atoms with van der Waals surface area (Å²) in [5, 5.41) is 0. The highest BCUT2D eigenvalue weighted by Gasteiger charge is 2.36. The van der Waals surface area contributed by atoms with Crippen LogP contribution in [0.3, 0.4) is 0 Å². The van der Waals surface area contributed by atoms with Crippen molar-refractivity contribution in [2.24, 2.45) is 0 Å². The van der Waals surface area contributed by atoms with E-state index in [1.807, 2.05) is 0 Å². The number of pyridine rings is 1. The van der Waals surface area contributed by atoms with Gasteiger partial charge in [0.2, 0.25) is 5.92 Å². The molecule has 0 radical (unpaired) electrons. The molecule has 1 nitrogen and oxygen atoms in total. The Balaban J connectivity index is 1.95. The number of hydrogen-bond donors (Lipinski definition) is 0. The van der Waals surface area contributed by atoms with E-state index in [1.54, 1.807) is 0 Å². The molecule has 0 bridgehead atoms. The minimum atomic E-state index is -2.71. The number of rotatable bonds is 2. The predicted molar refractivity (Wildman–Crippen MR) is 75.7 cm³/mol. The molecule has 1 aliphatic rings. The normalized spacial score (nSPS) is 18.1. The molecular formula is C17H14F5N. The van der Waals surface area contributed by atoms with Gasteiger partial charge in [-0.1, -0.05) is 0 Å². The maximum absolute atomic E-state index is 14.0. The van der Waals surface area contributed by atoms with Gasteiger partial charge in [0.15, 0.2) is 0 Å². The molecule has 1 aromatic heterocycles. The Kier molecular flexibility index (Phi) is 4.08. The maximum Gasteiger partial charge on any atom is 0.248 e. The van der Waals surface area contributed by atoms with E-state index in [9.17, 15) is 22.0 Å². The molecule has 1 fully saturated rings. The molecule has 23 heavy (non-hydrogen) atoms. The van der Waals surface area contributed by atoms with Crippen LogP contribution in [0.2, 0.25) is 0 Å². The van der Waals surface area contributed by atoms with Crippen molar-refractivity contribution in [1.29, 1.82) is 0 Å². The molecule has 0 atom stereocenters. The van der Waals surface area contributed by atoms with Gasteiger partial charge in [-0.15, -0.1) is 0 Å². The topological polar surface area (TPSA) is 12.9 Å². The van der Waals surface area contributed by atoms with Gasteiger partial charge in [-0.05, 0) is 48.6 Å². The summed E-state index contributed by atoms with van der Waals surface area (Å²) < 4.78 is 67.6. The van der Waals surface area contributed by atoms with Gasteiger partial charge in [-0.25, -0.2) is 22.0 Å². The van der Waals surface area contributed by atoms with E-state index in [2.05, 4.69) is 4.98 Å². The van der Waals surface area contributed by atoms with Gasteiger partial charge in [-0.2, -0.15) is 0 Å². The van der Waals surface area contributed by atoms with Gasteiger partial charge in [0.05, 0.1) is 11.9 Å². The summed E-state index contributed by atoms with van der Waals surface area (Å²) in [5.74, 6) is -5.00. The molecule has 122 valence electrons. The third-order valence-corrected chi connectivity index (χ3v) is 4.25. The van der Waals surface area contributed by atoms with Crippen molar-refractivity contribution in [2.45, 2.75) is 37.5 Å². The molecule has 0 amide bonds. The Hall–Kier alpha value is -1.98. The molecule has 0 saturated heterocycles. The molecule has 6 heteroatoms. The summed E-state index contributed by atoms with van der Waals surface area (Å²) in [5.41, 5.74) is 0.247. The van der Waals surface area contributed by atoms with Gasteiger partial charge in [0.1, 0.15) is 17.5 Å². The number of aromatic nitrogens is 1. The third-order valence-electron chi connectivity index (χ3n) is 4.25. The minimum Gasteiger partial charge on any atom is -0.253 e. The lowest BCUT2D eigenvalue weighted by atomic mass is 9.82. The van der Waals surface area contributed by atoms with E-state index >= 15 is 0 Å². The molecule has 0 N–H and O–H groups in total. The van der Waals surface area contributed by atoms with Crippen LogP contribution in [0.1, 0.15) is 37.2 Å². The highest BCUT2D eigenvalue weighted by Crippen LogP contribution is 2.42.